The SMILES string of the molecule is CCCCCCCCCCCCCCCCCCCCCCCCCCCCCCCCCC(=O)OCC(COC(=O)CCCCCCCCC)OC(=O)CCCCCCCCCCCCCCC. The van der Waals surface area contributed by atoms with Gasteiger partial charge in [0.2, 0.25) is 0 Å². The molecular weight excluding hydrogens is 853 g/mol. The molecule has 1 unspecified atom stereocenters. The van der Waals surface area contributed by atoms with Crippen LogP contribution in [0.1, 0.15) is 367 Å². The summed E-state index contributed by atoms with van der Waals surface area (Å²) in [7, 11) is 0. The van der Waals surface area contributed by atoms with Crippen LogP contribution in [0.3, 0.4) is 0 Å². The Kier molecular flexibility index (Phi) is 57.6. The van der Waals surface area contributed by atoms with Crippen LogP contribution < -0.4 is 0 Å². The molecule has 0 N–H and O–H groups in total. The van der Waals surface area contributed by atoms with Crippen LogP contribution in [-0.4, -0.2) is 37.2 Å². The van der Waals surface area contributed by atoms with Crippen LogP contribution in [0.4, 0.5) is 0 Å². The molecule has 0 aromatic rings. The number of unbranched alkanes of at least 4 members (excludes halogenated alkanes) is 48. The first kappa shape index (κ1) is 67.4. The van der Waals surface area contributed by atoms with Crippen molar-refractivity contribution >= 4 is 17.9 Å². The van der Waals surface area contributed by atoms with Crippen molar-refractivity contribution in [1.29, 1.82) is 0 Å². The number of hydrogen-bond acceptors (Lipinski definition) is 6. The van der Waals surface area contributed by atoms with Crippen LogP contribution in [0.15, 0.2) is 0 Å². The van der Waals surface area contributed by atoms with Crippen LogP contribution in [0.2, 0.25) is 0 Å². The molecule has 0 bridgehead atoms. The molecule has 410 valence electrons. The van der Waals surface area contributed by atoms with Crippen LogP contribution in [-0.2, 0) is 28.6 Å². The molecule has 0 saturated heterocycles. The lowest BCUT2D eigenvalue weighted by molar-refractivity contribution is -0.167. The van der Waals surface area contributed by atoms with Gasteiger partial charge in [-0.2, -0.15) is 0 Å². The maximum Gasteiger partial charge on any atom is 0.306 e. The third-order valence-corrected chi connectivity index (χ3v) is 14.6. The molecular formula is C63H122O6. The largest absolute Gasteiger partial charge is 0.462 e. The number of esters is 3. The van der Waals surface area contributed by atoms with Gasteiger partial charge in [-0.1, -0.05) is 329 Å². The second-order valence-electron chi connectivity index (χ2n) is 21.7. The van der Waals surface area contributed by atoms with Gasteiger partial charge in [-0.05, 0) is 19.3 Å². The molecule has 0 spiro atoms. The van der Waals surface area contributed by atoms with Gasteiger partial charge >= 0.3 is 17.9 Å². The topological polar surface area (TPSA) is 78.9 Å². The highest BCUT2D eigenvalue weighted by Crippen LogP contribution is 2.19. The molecule has 0 amide bonds. The highest BCUT2D eigenvalue weighted by molar-refractivity contribution is 5.71. The Balaban J connectivity index is 3.91. The Labute approximate surface area is 431 Å². The van der Waals surface area contributed by atoms with E-state index >= 15 is 0 Å². The third kappa shape index (κ3) is 57.2. The summed E-state index contributed by atoms with van der Waals surface area (Å²) in [5, 5.41) is 0. The molecule has 0 fully saturated rings. The van der Waals surface area contributed by atoms with Gasteiger partial charge in [0.25, 0.3) is 0 Å². The Morgan fingerprint density at radius 1 is 0.232 bits per heavy atom. The highest BCUT2D eigenvalue weighted by Gasteiger charge is 2.19. The van der Waals surface area contributed by atoms with Gasteiger partial charge in [-0.3, -0.25) is 14.4 Å². The number of ether oxygens (including phenoxy) is 3. The van der Waals surface area contributed by atoms with Gasteiger partial charge in [-0.25, -0.2) is 0 Å². The number of rotatable bonds is 59. The van der Waals surface area contributed by atoms with Crippen molar-refractivity contribution in [3.63, 3.8) is 0 Å². The van der Waals surface area contributed by atoms with Crippen molar-refractivity contribution < 1.29 is 28.6 Å². The summed E-state index contributed by atoms with van der Waals surface area (Å²) in [6, 6.07) is 0. The first-order valence-corrected chi connectivity index (χ1v) is 31.5. The summed E-state index contributed by atoms with van der Waals surface area (Å²) < 4.78 is 16.8. The summed E-state index contributed by atoms with van der Waals surface area (Å²) >= 11 is 0. The van der Waals surface area contributed by atoms with E-state index in [1.54, 1.807) is 0 Å². The third-order valence-electron chi connectivity index (χ3n) is 14.6. The fraction of sp³-hybridized carbons (Fsp3) is 0.952. The molecule has 0 rings (SSSR count). The van der Waals surface area contributed by atoms with E-state index in [2.05, 4.69) is 20.8 Å². The molecule has 6 heteroatoms. The van der Waals surface area contributed by atoms with Crippen molar-refractivity contribution in [2.45, 2.75) is 374 Å². The van der Waals surface area contributed by atoms with Crippen LogP contribution in [0, 0.1) is 0 Å². The summed E-state index contributed by atoms with van der Waals surface area (Å²) in [6.07, 6.45) is 67.3. The standard InChI is InChI=1S/C63H122O6/c1-4-7-10-13-16-18-20-22-23-24-25-26-27-28-29-30-31-32-33-34-35-36-37-38-39-41-42-44-47-50-53-56-62(65)68-59-60(58-67-61(64)55-52-49-46-15-12-9-6-3)69-63(66)57-54-51-48-45-43-40-21-19-17-14-11-8-5-2/h60H,4-59H2,1-3H3. The van der Waals surface area contributed by atoms with Crippen LogP contribution in [0.25, 0.3) is 0 Å². The van der Waals surface area contributed by atoms with Gasteiger partial charge in [0.05, 0.1) is 0 Å². The van der Waals surface area contributed by atoms with E-state index in [0.29, 0.717) is 19.3 Å². The molecule has 0 aliphatic heterocycles. The summed E-state index contributed by atoms with van der Waals surface area (Å²) in [4.78, 5) is 37.9. The van der Waals surface area contributed by atoms with Gasteiger partial charge in [0.15, 0.2) is 6.10 Å². The van der Waals surface area contributed by atoms with Crippen molar-refractivity contribution in [2.75, 3.05) is 13.2 Å². The van der Waals surface area contributed by atoms with Gasteiger partial charge in [0, 0.05) is 19.3 Å². The van der Waals surface area contributed by atoms with Crippen molar-refractivity contribution in [2.24, 2.45) is 0 Å². The molecule has 69 heavy (non-hydrogen) atoms. The number of carbonyl (C=O) groups is 3. The maximum absolute atomic E-state index is 12.8. The quantitative estimate of drug-likeness (QED) is 0.0343. The molecule has 0 aliphatic rings. The van der Waals surface area contributed by atoms with Crippen molar-refractivity contribution in [3.8, 4) is 0 Å². The minimum absolute atomic E-state index is 0.0620. The molecule has 0 radical (unpaired) electrons. The summed E-state index contributed by atoms with van der Waals surface area (Å²) in [6.45, 7) is 6.66. The lowest BCUT2D eigenvalue weighted by atomic mass is 10.0. The van der Waals surface area contributed by atoms with Gasteiger partial charge in [-0.15, -0.1) is 0 Å². The van der Waals surface area contributed by atoms with Crippen LogP contribution >= 0.6 is 0 Å². The van der Waals surface area contributed by atoms with E-state index in [4.69, 9.17) is 14.2 Å². The predicted molar refractivity (Wildman–Crippen MR) is 298 cm³/mol. The minimum atomic E-state index is -0.760. The average molecular weight is 976 g/mol. The molecule has 0 aromatic carbocycles. The van der Waals surface area contributed by atoms with Crippen LogP contribution in [0.5, 0.6) is 0 Å². The Morgan fingerprint density at radius 3 is 0.580 bits per heavy atom. The van der Waals surface area contributed by atoms with Crippen molar-refractivity contribution in [3.05, 3.63) is 0 Å². The van der Waals surface area contributed by atoms with Crippen molar-refractivity contribution in [1.82, 2.24) is 0 Å². The zero-order valence-electron chi connectivity index (χ0n) is 47.1. The predicted octanol–water partition coefficient (Wildman–Crippen LogP) is 21.1. The zero-order chi connectivity index (χ0) is 50.0. The average Bonchev–Trinajstić information content (AvgIpc) is 3.35. The highest BCUT2D eigenvalue weighted by atomic mass is 16.6. The van der Waals surface area contributed by atoms with E-state index in [9.17, 15) is 14.4 Å². The molecule has 0 aromatic heterocycles. The normalized spacial score (nSPS) is 11.9. The zero-order valence-corrected chi connectivity index (χ0v) is 47.1. The first-order chi connectivity index (χ1) is 34.0. The second kappa shape index (κ2) is 59.0. The lowest BCUT2D eigenvalue weighted by Crippen LogP contribution is -2.30. The second-order valence-corrected chi connectivity index (χ2v) is 21.7. The minimum Gasteiger partial charge on any atom is -0.462 e. The summed E-state index contributed by atoms with van der Waals surface area (Å²) in [5.74, 6) is -0.843. The molecule has 0 heterocycles. The molecule has 0 aliphatic carbocycles. The Morgan fingerprint density at radius 2 is 0.391 bits per heavy atom. The Bertz CT molecular complexity index is 1030. The van der Waals surface area contributed by atoms with E-state index in [-0.39, 0.29) is 31.1 Å². The maximum atomic E-state index is 12.8. The molecule has 6 nitrogen and oxygen atoms in total. The fourth-order valence-corrected chi connectivity index (χ4v) is 9.86. The van der Waals surface area contributed by atoms with Gasteiger partial charge in [0.1, 0.15) is 13.2 Å². The monoisotopic (exact) mass is 975 g/mol. The number of hydrogen-bond donors (Lipinski definition) is 0. The Hall–Kier alpha value is -1.59. The number of carbonyl (C=O) groups excluding carboxylic acids is 3. The smallest absolute Gasteiger partial charge is 0.306 e. The van der Waals surface area contributed by atoms with E-state index in [1.807, 2.05) is 0 Å². The first-order valence-electron chi connectivity index (χ1n) is 31.5. The summed E-state index contributed by atoms with van der Waals surface area (Å²) in [5.41, 5.74) is 0. The van der Waals surface area contributed by atoms with E-state index < -0.39 is 6.10 Å². The molecule has 0 saturated carbocycles. The lowest BCUT2D eigenvalue weighted by Gasteiger charge is -2.18. The van der Waals surface area contributed by atoms with Gasteiger partial charge < -0.3 is 14.2 Å². The fourth-order valence-electron chi connectivity index (χ4n) is 9.86. The molecule has 1 atom stereocenters. The van der Waals surface area contributed by atoms with E-state index in [0.717, 1.165) is 57.8 Å². The van der Waals surface area contributed by atoms with E-state index in [1.165, 1.54) is 270 Å².